The molecule has 0 fully saturated rings. The van der Waals surface area contributed by atoms with Crippen molar-refractivity contribution >= 4 is 12.6 Å². The molecule has 0 spiro atoms. The fraction of sp³-hybridized carbons (Fsp3) is 0.571. The second-order valence-electron chi connectivity index (χ2n) is 2.16. The summed E-state index contributed by atoms with van der Waals surface area (Å²) >= 11 is 4.13. The van der Waals surface area contributed by atoms with Crippen LogP contribution in [0, 0.1) is 0 Å². The maximum atomic E-state index is 5.16. The van der Waals surface area contributed by atoms with E-state index in [-0.39, 0.29) is 0 Å². The molecular weight excluding hydrogens is 160 g/mol. The minimum atomic E-state index is 0.714. The minimum absolute atomic E-state index is 0.714. The maximum Gasteiger partial charge on any atom is 0.0662 e. The Morgan fingerprint density at radius 3 is 3.09 bits per heavy atom. The Morgan fingerprint density at radius 1 is 1.73 bits per heavy atom. The van der Waals surface area contributed by atoms with Crippen LogP contribution in [0.5, 0.6) is 0 Å². The highest BCUT2D eigenvalue weighted by molar-refractivity contribution is 7.80. The average molecular weight is 172 g/mol. The molecule has 1 aromatic heterocycles. The molecule has 1 aromatic rings. The van der Waals surface area contributed by atoms with Crippen molar-refractivity contribution in [3.63, 3.8) is 0 Å². The number of hydrogen-bond acceptors (Lipinski definition) is 3. The first-order chi connectivity index (χ1) is 5.33. The Kier molecular flexibility index (Phi) is 3.45. The average Bonchev–Trinajstić information content (AvgIpc) is 2.37. The topological polar surface area (TPSA) is 27.1 Å². The lowest BCUT2D eigenvalue weighted by atomic mass is 10.6. The number of ether oxygens (including phenoxy) is 1. The summed E-state index contributed by atoms with van der Waals surface area (Å²) < 4.78 is 6.98. The predicted octanol–water partition coefficient (Wildman–Crippen LogP) is 1.21. The molecule has 0 saturated carbocycles. The first-order valence-corrected chi connectivity index (χ1v) is 4.07. The summed E-state index contributed by atoms with van der Waals surface area (Å²) in [5.74, 6) is 0. The number of aromatic nitrogens is 2. The van der Waals surface area contributed by atoms with Crippen LogP contribution in [0.2, 0.25) is 0 Å². The van der Waals surface area contributed by atoms with Gasteiger partial charge in [0.2, 0.25) is 0 Å². The summed E-state index contributed by atoms with van der Waals surface area (Å²) in [6.07, 6.45) is 3.59. The summed E-state index contributed by atoms with van der Waals surface area (Å²) in [6, 6.07) is 0. The summed E-state index contributed by atoms with van der Waals surface area (Å²) in [6.45, 7) is 4.25. The number of thiol groups is 1. The fourth-order valence-corrected chi connectivity index (χ4v) is 0.962. The lowest BCUT2D eigenvalue weighted by molar-refractivity contribution is 0.136. The van der Waals surface area contributed by atoms with Gasteiger partial charge in [0.1, 0.15) is 0 Å². The van der Waals surface area contributed by atoms with Gasteiger partial charge in [0.25, 0.3) is 0 Å². The van der Waals surface area contributed by atoms with Gasteiger partial charge in [-0.3, -0.25) is 4.68 Å². The third kappa shape index (κ3) is 2.95. The van der Waals surface area contributed by atoms with Crippen molar-refractivity contribution in [1.82, 2.24) is 9.78 Å². The van der Waals surface area contributed by atoms with Crippen molar-refractivity contribution < 1.29 is 4.74 Å². The normalized spacial score (nSPS) is 10.4. The van der Waals surface area contributed by atoms with E-state index >= 15 is 0 Å². The predicted molar refractivity (Wildman–Crippen MR) is 46.0 cm³/mol. The second kappa shape index (κ2) is 4.41. The Labute approximate surface area is 71.8 Å². The number of hydrogen-bond donors (Lipinski definition) is 1. The van der Waals surface area contributed by atoms with Gasteiger partial charge in [0.15, 0.2) is 0 Å². The van der Waals surface area contributed by atoms with Crippen molar-refractivity contribution in [2.75, 3.05) is 13.2 Å². The van der Waals surface area contributed by atoms with Crippen molar-refractivity contribution in [2.24, 2.45) is 0 Å². The zero-order chi connectivity index (χ0) is 8.10. The molecule has 0 atom stereocenters. The summed E-state index contributed by atoms with van der Waals surface area (Å²) in [5.41, 5.74) is 0. The van der Waals surface area contributed by atoms with Crippen LogP contribution in [0.4, 0.5) is 0 Å². The molecule has 0 N–H and O–H groups in total. The van der Waals surface area contributed by atoms with E-state index in [0.717, 1.165) is 18.0 Å². The molecule has 0 aliphatic carbocycles. The van der Waals surface area contributed by atoms with Crippen LogP contribution in [0.25, 0.3) is 0 Å². The van der Waals surface area contributed by atoms with Gasteiger partial charge in [-0.15, -0.1) is 12.6 Å². The zero-order valence-corrected chi connectivity index (χ0v) is 7.42. The quantitative estimate of drug-likeness (QED) is 0.546. The van der Waals surface area contributed by atoms with Crippen LogP contribution in [-0.4, -0.2) is 23.0 Å². The standard InChI is InChI=1S/C7H12N2OS/c1-2-10-4-3-9-6-7(11)5-8-9/h5-6,11H,2-4H2,1H3. The van der Waals surface area contributed by atoms with E-state index in [0.29, 0.717) is 6.61 Å². The van der Waals surface area contributed by atoms with Gasteiger partial charge in [-0.1, -0.05) is 0 Å². The monoisotopic (exact) mass is 172 g/mol. The number of rotatable bonds is 4. The van der Waals surface area contributed by atoms with Gasteiger partial charge in [0.05, 0.1) is 19.3 Å². The van der Waals surface area contributed by atoms with Crippen LogP contribution in [0.1, 0.15) is 6.92 Å². The summed E-state index contributed by atoms with van der Waals surface area (Å²) in [4.78, 5) is 0.890. The van der Waals surface area contributed by atoms with E-state index in [1.54, 1.807) is 6.20 Å². The molecule has 0 aromatic carbocycles. The maximum absolute atomic E-state index is 5.16. The Morgan fingerprint density at radius 2 is 2.55 bits per heavy atom. The molecule has 1 heterocycles. The molecule has 0 aliphatic rings. The molecule has 62 valence electrons. The van der Waals surface area contributed by atoms with E-state index in [1.807, 2.05) is 17.8 Å². The lowest BCUT2D eigenvalue weighted by Gasteiger charge is -2.00. The van der Waals surface area contributed by atoms with E-state index in [2.05, 4.69) is 17.7 Å². The second-order valence-corrected chi connectivity index (χ2v) is 2.67. The van der Waals surface area contributed by atoms with Crippen LogP contribution < -0.4 is 0 Å². The molecule has 0 amide bonds. The minimum Gasteiger partial charge on any atom is -0.380 e. The van der Waals surface area contributed by atoms with Gasteiger partial charge in [-0.2, -0.15) is 5.10 Å². The van der Waals surface area contributed by atoms with Crippen molar-refractivity contribution in [1.29, 1.82) is 0 Å². The molecule has 0 aliphatic heterocycles. The Bertz CT molecular complexity index is 212. The van der Waals surface area contributed by atoms with Crippen LogP contribution >= 0.6 is 12.6 Å². The molecule has 0 unspecified atom stereocenters. The molecule has 0 radical (unpaired) electrons. The van der Waals surface area contributed by atoms with Crippen LogP contribution in [-0.2, 0) is 11.3 Å². The Hall–Kier alpha value is -0.480. The number of nitrogens with zero attached hydrogens (tertiary/aromatic N) is 2. The highest BCUT2D eigenvalue weighted by Crippen LogP contribution is 2.01. The fourth-order valence-electron chi connectivity index (χ4n) is 0.777. The van der Waals surface area contributed by atoms with E-state index in [1.165, 1.54) is 0 Å². The molecule has 3 nitrogen and oxygen atoms in total. The third-order valence-electron chi connectivity index (χ3n) is 1.29. The van der Waals surface area contributed by atoms with Crippen molar-refractivity contribution in [2.45, 2.75) is 18.4 Å². The molecule has 0 saturated heterocycles. The zero-order valence-electron chi connectivity index (χ0n) is 6.53. The first-order valence-electron chi connectivity index (χ1n) is 3.62. The highest BCUT2D eigenvalue weighted by Gasteiger charge is 1.92. The van der Waals surface area contributed by atoms with Gasteiger partial charge in [-0.05, 0) is 6.92 Å². The summed E-state index contributed by atoms with van der Waals surface area (Å²) in [5, 5.41) is 4.05. The lowest BCUT2D eigenvalue weighted by Crippen LogP contribution is -2.05. The van der Waals surface area contributed by atoms with Crippen LogP contribution in [0.3, 0.4) is 0 Å². The SMILES string of the molecule is CCOCCn1cc(S)cn1. The first kappa shape index (κ1) is 8.62. The van der Waals surface area contributed by atoms with Gasteiger partial charge >= 0.3 is 0 Å². The smallest absolute Gasteiger partial charge is 0.0662 e. The molecule has 11 heavy (non-hydrogen) atoms. The van der Waals surface area contributed by atoms with Gasteiger partial charge in [0, 0.05) is 17.7 Å². The highest BCUT2D eigenvalue weighted by atomic mass is 32.1. The largest absolute Gasteiger partial charge is 0.380 e. The van der Waals surface area contributed by atoms with Crippen LogP contribution in [0.15, 0.2) is 17.3 Å². The molecule has 0 bridgehead atoms. The molecule has 1 rings (SSSR count). The van der Waals surface area contributed by atoms with E-state index < -0.39 is 0 Å². The van der Waals surface area contributed by atoms with Gasteiger partial charge in [-0.25, -0.2) is 0 Å². The van der Waals surface area contributed by atoms with Gasteiger partial charge < -0.3 is 4.74 Å². The Balaban J connectivity index is 2.27. The van der Waals surface area contributed by atoms with E-state index in [9.17, 15) is 0 Å². The van der Waals surface area contributed by atoms with Crippen molar-refractivity contribution in [3.05, 3.63) is 12.4 Å². The molecule has 4 heteroatoms. The summed E-state index contributed by atoms with van der Waals surface area (Å²) in [7, 11) is 0. The van der Waals surface area contributed by atoms with E-state index in [4.69, 9.17) is 4.74 Å². The third-order valence-corrected chi connectivity index (χ3v) is 1.52. The van der Waals surface area contributed by atoms with Crippen molar-refractivity contribution in [3.8, 4) is 0 Å². The molecular formula is C7H12N2OS.